The Balaban J connectivity index is 1.64. The molecule has 31 heavy (non-hydrogen) atoms. The Kier molecular flexibility index (Phi) is 7.51. The van der Waals surface area contributed by atoms with Gasteiger partial charge in [-0.3, -0.25) is 4.79 Å². The topological polar surface area (TPSA) is 66.9 Å². The van der Waals surface area contributed by atoms with E-state index in [0.717, 1.165) is 37.8 Å². The van der Waals surface area contributed by atoms with Crippen LogP contribution in [0.3, 0.4) is 0 Å². The number of alkyl halides is 3. The predicted octanol–water partition coefficient (Wildman–Crippen LogP) is 4.17. The molecule has 0 bridgehead atoms. The first-order valence-corrected chi connectivity index (χ1v) is 12.2. The van der Waals surface area contributed by atoms with Crippen LogP contribution in [0.5, 0.6) is 5.75 Å². The molecular weight excluding hydrogens is 433 g/mol. The average molecular weight is 463 g/mol. The molecule has 0 aromatic heterocycles. The van der Waals surface area contributed by atoms with Crippen molar-refractivity contribution >= 4 is 15.9 Å². The van der Waals surface area contributed by atoms with Gasteiger partial charge in [0.05, 0.1) is 4.90 Å². The summed E-state index contributed by atoms with van der Waals surface area (Å²) in [6.07, 6.45) is 1.40. The van der Waals surface area contributed by atoms with Gasteiger partial charge in [0, 0.05) is 37.7 Å². The normalized spacial score (nSPS) is 19.9. The summed E-state index contributed by atoms with van der Waals surface area (Å²) in [5, 5.41) is 0. The highest BCUT2D eigenvalue weighted by Crippen LogP contribution is 2.30. The number of carbonyl (C=O) groups is 1. The van der Waals surface area contributed by atoms with Gasteiger partial charge in [-0.2, -0.15) is 4.31 Å². The second kappa shape index (κ2) is 9.77. The first-order chi connectivity index (χ1) is 14.6. The fourth-order valence-corrected chi connectivity index (χ4v) is 6.05. The number of amides is 1. The Morgan fingerprint density at radius 2 is 1.77 bits per heavy atom. The first-order valence-electron chi connectivity index (χ1n) is 10.8. The van der Waals surface area contributed by atoms with Crippen molar-refractivity contribution < 1.29 is 31.1 Å². The van der Waals surface area contributed by atoms with Gasteiger partial charge in [-0.1, -0.05) is 25.3 Å². The molecule has 0 N–H and O–H groups in total. The number of hydrogen-bond donors (Lipinski definition) is 0. The van der Waals surface area contributed by atoms with E-state index in [2.05, 4.69) is 4.74 Å². The molecule has 174 valence electrons. The third-order valence-electron chi connectivity index (χ3n) is 6.12. The monoisotopic (exact) mass is 462 g/mol. The molecule has 1 aliphatic heterocycles. The van der Waals surface area contributed by atoms with E-state index in [1.54, 1.807) is 0 Å². The lowest BCUT2D eigenvalue weighted by atomic mass is 9.91. The molecule has 3 rings (SSSR count). The molecule has 1 saturated heterocycles. The van der Waals surface area contributed by atoms with Crippen LogP contribution in [0.25, 0.3) is 0 Å². The molecule has 10 heteroatoms. The molecule has 1 aliphatic carbocycles. The minimum Gasteiger partial charge on any atom is -0.406 e. The first kappa shape index (κ1) is 23.8. The van der Waals surface area contributed by atoms with E-state index in [9.17, 15) is 26.4 Å². The average Bonchev–Trinajstić information content (AvgIpc) is 2.74. The minimum atomic E-state index is -4.90. The van der Waals surface area contributed by atoms with Gasteiger partial charge >= 0.3 is 6.36 Å². The number of piperidine rings is 1. The van der Waals surface area contributed by atoms with E-state index in [4.69, 9.17) is 0 Å². The third kappa shape index (κ3) is 5.91. The second-order valence-corrected chi connectivity index (χ2v) is 10.1. The van der Waals surface area contributed by atoms with E-state index in [-0.39, 0.29) is 35.9 Å². The summed E-state index contributed by atoms with van der Waals surface area (Å²) in [4.78, 5) is 14.8. The molecule has 1 amide bonds. The zero-order valence-electron chi connectivity index (χ0n) is 17.6. The molecule has 1 aromatic carbocycles. The summed E-state index contributed by atoms with van der Waals surface area (Å²) in [5.74, 6) is -0.718. The van der Waals surface area contributed by atoms with Gasteiger partial charge in [0.25, 0.3) is 0 Å². The number of carbonyl (C=O) groups excluding carboxylic acids is 1. The highest BCUT2D eigenvalue weighted by Gasteiger charge is 2.36. The highest BCUT2D eigenvalue weighted by molar-refractivity contribution is 7.89. The van der Waals surface area contributed by atoms with Gasteiger partial charge in [-0.05, 0) is 44.7 Å². The molecule has 0 unspecified atom stereocenters. The van der Waals surface area contributed by atoms with Gasteiger partial charge in [0.15, 0.2) is 0 Å². The van der Waals surface area contributed by atoms with E-state index in [1.807, 2.05) is 11.8 Å². The Bertz CT molecular complexity index is 862. The minimum absolute atomic E-state index is 0.0898. The zero-order valence-corrected chi connectivity index (χ0v) is 18.4. The van der Waals surface area contributed by atoms with Crippen LogP contribution in [0.15, 0.2) is 29.2 Å². The smallest absolute Gasteiger partial charge is 0.406 e. The molecule has 0 spiro atoms. The lowest BCUT2D eigenvalue weighted by molar-refractivity contribution is -0.274. The number of sulfonamides is 1. The molecule has 6 nitrogen and oxygen atoms in total. The number of nitrogens with zero attached hydrogens (tertiary/aromatic N) is 2. The van der Waals surface area contributed by atoms with Crippen LogP contribution in [-0.2, 0) is 14.8 Å². The Morgan fingerprint density at radius 3 is 2.35 bits per heavy atom. The van der Waals surface area contributed by atoms with E-state index < -0.39 is 22.1 Å². The van der Waals surface area contributed by atoms with Crippen LogP contribution in [0.4, 0.5) is 13.2 Å². The molecule has 0 atom stereocenters. The number of rotatable bonds is 6. The molecule has 2 aliphatic rings. The molecule has 0 radical (unpaired) electrons. The summed E-state index contributed by atoms with van der Waals surface area (Å²) in [5.41, 5.74) is 0. The van der Waals surface area contributed by atoms with Crippen LogP contribution in [-0.4, -0.2) is 55.6 Å². The maximum atomic E-state index is 13.1. The number of ether oxygens (including phenoxy) is 1. The lowest BCUT2D eigenvalue weighted by Crippen LogP contribution is -2.48. The van der Waals surface area contributed by atoms with Crippen molar-refractivity contribution in [3.05, 3.63) is 24.3 Å². The largest absolute Gasteiger partial charge is 0.573 e. The summed E-state index contributed by atoms with van der Waals surface area (Å²) in [6.45, 7) is 2.94. The fraction of sp³-hybridized carbons (Fsp3) is 0.667. The van der Waals surface area contributed by atoms with Crippen molar-refractivity contribution in [3.8, 4) is 5.75 Å². The summed E-state index contributed by atoms with van der Waals surface area (Å²) < 4.78 is 68.3. The Labute approximate surface area is 181 Å². The van der Waals surface area contributed by atoms with Crippen molar-refractivity contribution in [2.45, 2.75) is 69.2 Å². The maximum absolute atomic E-state index is 13.1. The fourth-order valence-electron chi connectivity index (χ4n) is 4.55. The molecule has 1 heterocycles. The molecule has 2 fully saturated rings. The standard InChI is InChI=1S/C21H29F3N2O4S/c1-2-26(17-7-4-3-5-8-17)20(27)16-11-13-25(14-12-16)31(28,29)19-10-6-9-18(15-19)30-21(22,23)24/h6,9-10,15-17H,2-5,7-8,11-14H2,1H3. The summed E-state index contributed by atoms with van der Waals surface area (Å²) in [7, 11) is -3.97. The number of hydrogen-bond acceptors (Lipinski definition) is 4. The Morgan fingerprint density at radius 1 is 1.13 bits per heavy atom. The number of benzene rings is 1. The predicted molar refractivity (Wildman–Crippen MR) is 109 cm³/mol. The van der Waals surface area contributed by atoms with E-state index >= 15 is 0 Å². The van der Waals surface area contributed by atoms with E-state index in [0.29, 0.717) is 19.4 Å². The van der Waals surface area contributed by atoms with Gasteiger partial charge in [0.2, 0.25) is 15.9 Å². The Hall–Kier alpha value is -1.81. The van der Waals surface area contributed by atoms with Crippen LogP contribution in [0.1, 0.15) is 51.9 Å². The second-order valence-electron chi connectivity index (χ2n) is 8.12. The van der Waals surface area contributed by atoms with Crippen molar-refractivity contribution in [2.24, 2.45) is 5.92 Å². The van der Waals surface area contributed by atoms with Crippen molar-refractivity contribution in [3.63, 3.8) is 0 Å². The van der Waals surface area contributed by atoms with Gasteiger partial charge in [-0.25, -0.2) is 8.42 Å². The summed E-state index contributed by atoms with van der Waals surface area (Å²) >= 11 is 0. The molecular formula is C21H29F3N2O4S. The van der Waals surface area contributed by atoms with Gasteiger partial charge < -0.3 is 9.64 Å². The van der Waals surface area contributed by atoms with Gasteiger partial charge in [0.1, 0.15) is 5.75 Å². The van der Waals surface area contributed by atoms with Gasteiger partial charge in [-0.15, -0.1) is 13.2 Å². The van der Waals surface area contributed by atoms with Crippen molar-refractivity contribution in [2.75, 3.05) is 19.6 Å². The van der Waals surface area contributed by atoms with Crippen LogP contribution in [0.2, 0.25) is 0 Å². The van der Waals surface area contributed by atoms with Crippen LogP contribution in [0, 0.1) is 5.92 Å². The SMILES string of the molecule is CCN(C(=O)C1CCN(S(=O)(=O)c2cccc(OC(F)(F)F)c2)CC1)C1CCCCC1. The van der Waals surface area contributed by atoms with Crippen molar-refractivity contribution in [1.29, 1.82) is 0 Å². The third-order valence-corrected chi connectivity index (χ3v) is 8.01. The molecule has 1 aromatic rings. The van der Waals surface area contributed by atoms with Crippen LogP contribution < -0.4 is 4.74 Å². The van der Waals surface area contributed by atoms with E-state index in [1.165, 1.54) is 22.9 Å². The lowest BCUT2D eigenvalue weighted by Gasteiger charge is -2.38. The number of halogens is 3. The quantitative estimate of drug-likeness (QED) is 0.637. The van der Waals surface area contributed by atoms with Crippen LogP contribution >= 0.6 is 0 Å². The highest BCUT2D eigenvalue weighted by atomic mass is 32.2. The summed E-state index contributed by atoms with van der Waals surface area (Å²) in [6, 6.07) is 4.67. The zero-order chi connectivity index (χ0) is 22.6. The van der Waals surface area contributed by atoms with Crippen molar-refractivity contribution in [1.82, 2.24) is 9.21 Å². The maximum Gasteiger partial charge on any atom is 0.573 e. The molecule has 1 saturated carbocycles.